The number of anilines is 1. The summed E-state index contributed by atoms with van der Waals surface area (Å²) in [6.45, 7) is 0. The third kappa shape index (κ3) is 3.34. The van der Waals surface area contributed by atoms with Gasteiger partial charge in [0.05, 0.1) is 17.7 Å². The summed E-state index contributed by atoms with van der Waals surface area (Å²) in [5.74, 6) is -0.0762. The van der Waals surface area contributed by atoms with Gasteiger partial charge in [-0.05, 0) is 31.0 Å². The first kappa shape index (κ1) is 16.7. The normalized spacial score (nSPS) is 14.6. The fourth-order valence-corrected chi connectivity index (χ4v) is 3.57. The van der Waals surface area contributed by atoms with E-state index in [0.29, 0.717) is 22.4 Å². The van der Waals surface area contributed by atoms with Gasteiger partial charge < -0.3 is 15.8 Å². The first-order chi connectivity index (χ1) is 11.6. The van der Waals surface area contributed by atoms with Gasteiger partial charge in [-0.2, -0.15) is 0 Å². The minimum absolute atomic E-state index is 0.347. The zero-order valence-corrected chi connectivity index (χ0v) is 14.4. The van der Waals surface area contributed by atoms with E-state index < -0.39 is 5.91 Å². The van der Waals surface area contributed by atoms with Crippen LogP contribution in [0.15, 0.2) is 36.4 Å². The molecule has 126 valence electrons. The first-order valence-electron chi connectivity index (χ1n) is 8.13. The molecule has 0 bridgehead atoms. The van der Waals surface area contributed by atoms with Gasteiger partial charge in [0, 0.05) is 22.9 Å². The quantitative estimate of drug-likeness (QED) is 0.841. The smallest absolute Gasteiger partial charge is 0.252 e. The molecule has 0 radical (unpaired) electrons. The maximum atomic E-state index is 11.6. The Balaban J connectivity index is 1.95. The number of benzene rings is 2. The zero-order valence-electron chi connectivity index (χ0n) is 13.6. The van der Waals surface area contributed by atoms with Crippen molar-refractivity contribution in [2.75, 3.05) is 12.4 Å². The van der Waals surface area contributed by atoms with E-state index in [9.17, 15) is 4.79 Å². The summed E-state index contributed by atoms with van der Waals surface area (Å²) in [6.07, 6.45) is 4.96. The van der Waals surface area contributed by atoms with Crippen LogP contribution in [0.5, 0.6) is 5.75 Å². The van der Waals surface area contributed by atoms with E-state index in [2.05, 4.69) is 5.32 Å². The summed E-state index contributed by atoms with van der Waals surface area (Å²) in [4.78, 5) is 11.6. The van der Waals surface area contributed by atoms with Gasteiger partial charge in [0.2, 0.25) is 0 Å². The molecule has 24 heavy (non-hydrogen) atoms. The van der Waals surface area contributed by atoms with Crippen molar-refractivity contribution in [3.05, 3.63) is 47.0 Å². The molecule has 1 fully saturated rings. The molecule has 3 rings (SSSR count). The van der Waals surface area contributed by atoms with Crippen molar-refractivity contribution in [2.45, 2.75) is 31.7 Å². The molecule has 0 aliphatic heterocycles. The van der Waals surface area contributed by atoms with Crippen LogP contribution in [0.4, 0.5) is 5.69 Å². The minimum Gasteiger partial charge on any atom is -0.495 e. The van der Waals surface area contributed by atoms with E-state index >= 15 is 0 Å². The summed E-state index contributed by atoms with van der Waals surface area (Å²) in [7, 11) is 1.52. The SMILES string of the molecule is COc1c(C(N)=O)cccc1-c1ccc(NC2CCCC2)cc1Cl. The lowest BCUT2D eigenvalue weighted by molar-refractivity contribution is 0.0997. The number of rotatable bonds is 5. The molecule has 5 heteroatoms. The van der Waals surface area contributed by atoms with E-state index in [1.54, 1.807) is 12.1 Å². The van der Waals surface area contributed by atoms with E-state index in [1.165, 1.54) is 32.8 Å². The largest absolute Gasteiger partial charge is 0.495 e. The Kier molecular flexibility index (Phi) is 4.95. The molecule has 0 spiro atoms. The van der Waals surface area contributed by atoms with Crippen LogP contribution in [-0.4, -0.2) is 19.1 Å². The lowest BCUT2D eigenvalue weighted by Gasteiger charge is -2.16. The molecule has 0 unspecified atom stereocenters. The molecule has 1 aliphatic rings. The number of para-hydroxylation sites is 1. The van der Waals surface area contributed by atoms with Crippen molar-refractivity contribution in [3.63, 3.8) is 0 Å². The molecule has 0 atom stereocenters. The Labute approximate surface area is 147 Å². The number of carbonyl (C=O) groups excluding carboxylic acids is 1. The molecule has 2 aromatic carbocycles. The fourth-order valence-electron chi connectivity index (χ4n) is 3.29. The third-order valence-electron chi connectivity index (χ3n) is 4.47. The van der Waals surface area contributed by atoms with Crippen LogP contribution in [0.2, 0.25) is 5.02 Å². The van der Waals surface area contributed by atoms with Crippen molar-refractivity contribution in [1.29, 1.82) is 0 Å². The first-order valence-corrected chi connectivity index (χ1v) is 8.51. The topological polar surface area (TPSA) is 64.3 Å². The second kappa shape index (κ2) is 7.14. The maximum Gasteiger partial charge on any atom is 0.252 e. The highest BCUT2D eigenvalue weighted by Gasteiger charge is 2.18. The number of methoxy groups -OCH3 is 1. The van der Waals surface area contributed by atoms with Crippen LogP contribution in [0, 0.1) is 0 Å². The van der Waals surface area contributed by atoms with Crippen molar-refractivity contribution in [2.24, 2.45) is 5.73 Å². The zero-order chi connectivity index (χ0) is 17.1. The number of amides is 1. The molecule has 1 aliphatic carbocycles. The van der Waals surface area contributed by atoms with E-state index in [4.69, 9.17) is 22.1 Å². The monoisotopic (exact) mass is 344 g/mol. The Morgan fingerprint density at radius 2 is 1.96 bits per heavy atom. The average Bonchev–Trinajstić information content (AvgIpc) is 3.07. The summed E-state index contributed by atoms with van der Waals surface area (Å²) in [6, 6.07) is 11.7. The van der Waals surface area contributed by atoms with Crippen molar-refractivity contribution in [3.8, 4) is 16.9 Å². The van der Waals surface area contributed by atoms with Crippen LogP contribution in [0.25, 0.3) is 11.1 Å². The summed E-state index contributed by atoms with van der Waals surface area (Å²) >= 11 is 6.50. The predicted molar refractivity (Wildman–Crippen MR) is 97.8 cm³/mol. The number of carbonyl (C=O) groups is 1. The average molecular weight is 345 g/mol. The highest BCUT2D eigenvalue weighted by Crippen LogP contribution is 2.38. The Bertz CT molecular complexity index is 755. The van der Waals surface area contributed by atoms with E-state index in [1.807, 2.05) is 24.3 Å². The molecule has 3 N–H and O–H groups in total. The van der Waals surface area contributed by atoms with Gasteiger partial charge in [0.15, 0.2) is 0 Å². The predicted octanol–water partition coefficient (Wildman–Crippen LogP) is 4.47. The standard InChI is InChI=1S/C19H21ClN2O2/c1-24-18-15(7-4-8-16(18)19(21)23)14-10-9-13(11-17(14)20)22-12-5-2-3-6-12/h4,7-12,22H,2-3,5-6H2,1H3,(H2,21,23). The molecule has 1 amide bonds. The van der Waals surface area contributed by atoms with Gasteiger partial charge in [-0.25, -0.2) is 0 Å². The molecular formula is C19H21ClN2O2. The van der Waals surface area contributed by atoms with Gasteiger partial charge in [-0.1, -0.05) is 42.6 Å². The number of nitrogens with one attached hydrogen (secondary N) is 1. The molecule has 2 aromatic rings. The molecule has 1 saturated carbocycles. The van der Waals surface area contributed by atoms with E-state index in [0.717, 1.165) is 16.8 Å². The lowest BCUT2D eigenvalue weighted by Crippen LogP contribution is -2.14. The van der Waals surface area contributed by atoms with Crippen molar-refractivity contribution in [1.82, 2.24) is 0 Å². The van der Waals surface area contributed by atoms with Gasteiger partial charge in [-0.3, -0.25) is 4.79 Å². The van der Waals surface area contributed by atoms with Crippen LogP contribution in [0.3, 0.4) is 0 Å². The minimum atomic E-state index is -0.524. The third-order valence-corrected chi connectivity index (χ3v) is 4.78. The van der Waals surface area contributed by atoms with E-state index in [-0.39, 0.29) is 0 Å². The summed E-state index contributed by atoms with van der Waals surface area (Å²) < 4.78 is 5.41. The number of halogens is 1. The summed E-state index contributed by atoms with van der Waals surface area (Å²) in [5.41, 5.74) is 8.36. The van der Waals surface area contributed by atoms with Crippen LogP contribution >= 0.6 is 11.6 Å². The van der Waals surface area contributed by atoms with Gasteiger partial charge in [-0.15, -0.1) is 0 Å². The second-order valence-corrected chi connectivity index (χ2v) is 6.48. The van der Waals surface area contributed by atoms with Crippen LogP contribution < -0.4 is 15.8 Å². The molecule has 0 heterocycles. The molecule has 0 aromatic heterocycles. The van der Waals surface area contributed by atoms with Crippen LogP contribution in [-0.2, 0) is 0 Å². The van der Waals surface area contributed by atoms with Crippen molar-refractivity contribution >= 4 is 23.2 Å². The number of primary amides is 1. The highest BCUT2D eigenvalue weighted by atomic mass is 35.5. The number of ether oxygens (including phenoxy) is 1. The van der Waals surface area contributed by atoms with Gasteiger partial charge in [0.25, 0.3) is 5.91 Å². The lowest BCUT2D eigenvalue weighted by atomic mass is 10.0. The summed E-state index contributed by atoms with van der Waals surface area (Å²) in [5, 5.41) is 4.14. The maximum absolute atomic E-state index is 11.6. The molecular weight excluding hydrogens is 324 g/mol. The Morgan fingerprint density at radius 1 is 1.21 bits per heavy atom. The molecule has 4 nitrogen and oxygen atoms in total. The highest BCUT2D eigenvalue weighted by molar-refractivity contribution is 6.33. The Hall–Kier alpha value is -2.20. The second-order valence-electron chi connectivity index (χ2n) is 6.07. The molecule has 0 saturated heterocycles. The number of hydrogen-bond acceptors (Lipinski definition) is 3. The van der Waals surface area contributed by atoms with Gasteiger partial charge in [0.1, 0.15) is 5.75 Å². The fraction of sp³-hybridized carbons (Fsp3) is 0.316. The van der Waals surface area contributed by atoms with Crippen LogP contribution in [0.1, 0.15) is 36.0 Å². The number of hydrogen-bond donors (Lipinski definition) is 2. The number of nitrogens with two attached hydrogens (primary N) is 1. The van der Waals surface area contributed by atoms with Gasteiger partial charge >= 0.3 is 0 Å². The van der Waals surface area contributed by atoms with Crippen molar-refractivity contribution < 1.29 is 9.53 Å². The Morgan fingerprint density at radius 3 is 2.58 bits per heavy atom.